The zero-order valence-electron chi connectivity index (χ0n) is 10.3. The lowest BCUT2D eigenvalue weighted by molar-refractivity contribution is -0.0719. The summed E-state index contributed by atoms with van der Waals surface area (Å²) in [5.74, 6) is -0.335. The van der Waals surface area contributed by atoms with Gasteiger partial charge in [0, 0.05) is 23.7 Å². The first-order chi connectivity index (χ1) is 8.65. The quantitative estimate of drug-likeness (QED) is 0.914. The Morgan fingerprint density at radius 1 is 1.50 bits per heavy atom. The summed E-state index contributed by atoms with van der Waals surface area (Å²) in [4.78, 5) is 0. The van der Waals surface area contributed by atoms with Gasteiger partial charge < -0.3 is 14.8 Å². The Morgan fingerprint density at radius 3 is 3.06 bits per heavy atom. The van der Waals surface area contributed by atoms with Gasteiger partial charge in [-0.1, -0.05) is 17.7 Å². The Hall–Kier alpha value is -0.680. The predicted molar refractivity (Wildman–Crippen MR) is 68.3 cm³/mol. The molecule has 0 amide bonds. The summed E-state index contributed by atoms with van der Waals surface area (Å²) >= 11 is 5.68. The Bertz CT molecular complexity index is 403. The minimum absolute atomic E-state index is 0.0316. The molecule has 18 heavy (non-hydrogen) atoms. The summed E-state index contributed by atoms with van der Waals surface area (Å²) in [6.45, 7) is 4.34. The molecule has 1 aliphatic rings. The van der Waals surface area contributed by atoms with Crippen molar-refractivity contribution in [3.05, 3.63) is 34.6 Å². The number of ether oxygens (including phenoxy) is 2. The lowest BCUT2D eigenvalue weighted by Crippen LogP contribution is -2.45. The predicted octanol–water partition coefficient (Wildman–Crippen LogP) is 2.37. The molecule has 1 heterocycles. The number of morpholine rings is 1. The molecule has 100 valence electrons. The highest BCUT2D eigenvalue weighted by molar-refractivity contribution is 6.30. The summed E-state index contributed by atoms with van der Waals surface area (Å²) in [6, 6.07) is 4.59. The number of nitrogens with one attached hydrogen (secondary N) is 1. The fourth-order valence-corrected chi connectivity index (χ4v) is 2.07. The van der Waals surface area contributed by atoms with Gasteiger partial charge in [-0.15, -0.1) is 0 Å². The maximum absolute atomic E-state index is 13.5. The minimum atomic E-state index is -0.335. The van der Waals surface area contributed by atoms with Crippen LogP contribution in [0.4, 0.5) is 4.39 Å². The standard InChI is InChI=1S/C13H17ClFNO2/c1-9-5-16-6-12(18-9)8-17-7-10-2-3-11(14)4-13(10)15/h2-4,9,12,16H,5-8H2,1H3. The van der Waals surface area contributed by atoms with Crippen molar-refractivity contribution < 1.29 is 13.9 Å². The van der Waals surface area contributed by atoms with Gasteiger partial charge in [0.05, 0.1) is 25.4 Å². The lowest BCUT2D eigenvalue weighted by Gasteiger charge is -2.28. The van der Waals surface area contributed by atoms with Crippen molar-refractivity contribution in [3.63, 3.8) is 0 Å². The van der Waals surface area contributed by atoms with E-state index in [1.807, 2.05) is 6.92 Å². The monoisotopic (exact) mass is 273 g/mol. The Labute approximate surface area is 111 Å². The van der Waals surface area contributed by atoms with E-state index in [4.69, 9.17) is 21.1 Å². The maximum Gasteiger partial charge on any atom is 0.130 e. The van der Waals surface area contributed by atoms with Crippen molar-refractivity contribution >= 4 is 11.6 Å². The molecule has 2 unspecified atom stereocenters. The van der Waals surface area contributed by atoms with Gasteiger partial charge in [-0.05, 0) is 19.1 Å². The molecular formula is C13H17ClFNO2. The van der Waals surface area contributed by atoms with E-state index >= 15 is 0 Å². The fourth-order valence-electron chi connectivity index (χ4n) is 1.91. The Balaban J connectivity index is 1.77. The van der Waals surface area contributed by atoms with Crippen LogP contribution in [0.15, 0.2) is 18.2 Å². The molecule has 2 atom stereocenters. The van der Waals surface area contributed by atoms with Crippen LogP contribution >= 0.6 is 11.6 Å². The molecule has 2 rings (SSSR count). The van der Waals surface area contributed by atoms with Crippen LogP contribution in [-0.2, 0) is 16.1 Å². The summed E-state index contributed by atoms with van der Waals surface area (Å²) < 4.78 is 24.6. The molecule has 1 aliphatic heterocycles. The molecule has 0 radical (unpaired) electrons. The van der Waals surface area contributed by atoms with Gasteiger partial charge in [-0.25, -0.2) is 4.39 Å². The van der Waals surface area contributed by atoms with Gasteiger partial charge in [0.15, 0.2) is 0 Å². The Morgan fingerprint density at radius 2 is 2.33 bits per heavy atom. The van der Waals surface area contributed by atoms with E-state index < -0.39 is 0 Å². The molecule has 0 bridgehead atoms. The Kier molecular flexibility index (Phi) is 4.95. The van der Waals surface area contributed by atoms with Crippen molar-refractivity contribution in [1.29, 1.82) is 0 Å². The number of benzene rings is 1. The van der Waals surface area contributed by atoms with Crippen molar-refractivity contribution in [3.8, 4) is 0 Å². The molecule has 0 spiro atoms. The summed E-state index contributed by atoms with van der Waals surface area (Å²) in [7, 11) is 0. The van der Waals surface area contributed by atoms with Crippen LogP contribution < -0.4 is 5.32 Å². The number of hydrogen-bond donors (Lipinski definition) is 1. The van der Waals surface area contributed by atoms with Gasteiger partial charge in [-0.3, -0.25) is 0 Å². The van der Waals surface area contributed by atoms with E-state index in [-0.39, 0.29) is 24.6 Å². The average Bonchev–Trinajstić information content (AvgIpc) is 2.32. The van der Waals surface area contributed by atoms with Crippen LogP contribution in [-0.4, -0.2) is 31.9 Å². The minimum Gasteiger partial charge on any atom is -0.374 e. The first-order valence-electron chi connectivity index (χ1n) is 6.03. The third kappa shape index (κ3) is 3.92. The fraction of sp³-hybridized carbons (Fsp3) is 0.538. The summed E-state index contributed by atoms with van der Waals surface area (Å²) in [5, 5.41) is 3.65. The van der Waals surface area contributed by atoms with Gasteiger partial charge in [0.2, 0.25) is 0 Å². The highest BCUT2D eigenvalue weighted by Gasteiger charge is 2.18. The molecule has 1 fully saturated rings. The molecule has 5 heteroatoms. The summed E-state index contributed by atoms with van der Waals surface area (Å²) in [6.07, 6.45) is 0.226. The van der Waals surface area contributed by atoms with E-state index in [0.29, 0.717) is 17.2 Å². The van der Waals surface area contributed by atoms with Crippen molar-refractivity contribution in [1.82, 2.24) is 5.32 Å². The topological polar surface area (TPSA) is 30.5 Å². The second kappa shape index (κ2) is 6.48. The number of halogens is 2. The maximum atomic E-state index is 13.5. The van der Waals surface area contributed by atoms with Crippen LogP contribution in [0.1, 0.15) is 12.5 Å². The molecule has 1 saturated heterocycles. The first-order valence-corrected chi connectivity index (χ1v) is 6.41. The van der Waals surface area contributed by atoms with Crippen LogP contribution in [0.3, 0.4) is 0 Å². The molecule has 0 aromatic heterocycles. The van der Waals surface area contributed by atoms with Crippen LogP contribution in [0.25, 0.3) is 0 Å². The highest BCUT2D eigenvalue weighted by atomic mass is 35.5. The molecule has 1 aromatic rings. The molecule has 0 aliphatic carbocycles. The first kappa shape index (κ1) is 13.7. The van der Waals surface area contributed by atoms with Crippen molar-refractivity contribution in [2.75, 3.05) is 19.7 Å². The van der Waals surface area contributed by atoms with E-state index in [0.717, 1.165) is 13.1 Å². The third-order valence-corrected chi connectivity index (χ3v) is 3.04. The van der Waals surface area contributed by atoms with E-state index in [9.17, 15) is 4.39 Å². The van der Waals surface area contributed by atoms with Gasteiger partial charge in [0.25, 0.3) is 0 Å². The van der Waals surface area contributed by atoms with Crippen molar-refractivity contribution in [2.24, 2.45) is 0 Å². The SMILES string of the molecule is CC1CNCC(COCc2ccc(Cl)cc2F)O1. The molecular weight excluding hydrogens is 257 g/mol. The third-order valence-electron chi connectivity index (χ3n) is 2.80. The number of rotatable bonds is 4. The zero-order valence-corrected chi connectivity index (χ0v) is 11.0. The van der Waals surface area contributed by atoms with Crippen LogP contribution in [0, 0.1) is 5.82 Å². The van der Waals surface area contributed by atoms with Crippen LogP contribution in [0.5, 0.6) is 0 Å². The van der Waals surface area contributed by atoms with Crippen molar-refractivity contribution in [2.45, 2.75) is 25.7 Å². The van der Waals surface area contributed by atoms with E-state index in [1.54, 1.807) is 12.1 Å². The lowest BCUT2D eigenvalue weighted by atomic mass is 10.2. The molecule has 3 nitrogen and oxygen atoms in total. The second-order valence-corrected chi connectivity index (χ2v) is 4.91. The number of hydrogen-bond acceptors (Lipinski definition) is 3. The molecule has 0 saturated carbocycles. The van der Waals surface area contributed by atoms with E-state index in [1.165, 1.54) is 6.07 Å². The highest BCUT2D eigenvalue weighted by Crippen LogP contribution is 2.15. The molecule has 1 aromatic carbocycles. The van der Waals surface area contributed by atoms with Crippen LogP contribution in [0.2, 0.25) is 5.02 Å². The second-order valence-electron chi connectivity index (χ2n) is 4.48. The summed E-state index contributed by atoms with van der Waals surface area (Å²) in [5.41, 5.74) is 0.510. The van der Waals surface area contributed by atoms with Gasteiger partial charge in [-0.2, -0.15) is 0 Å². The van der Waals surface area contributed by atoms with Gasteiger partial charge >= 0.3 is 0 Å². The largest absolute Gasteiger partial charge is 0.374 e. The normalized spacial score (nSPS) is 24.2. The average molecular weight is 274 g/mol. The molecule has 1 N–H and O–H groups in total. The smallest absolute Gasteiger partial charge is 0.130 e. The van der Waals surface area contributed by atoms with E-state index in [2.05, 4.69) is 5.32 Å². The zero-order chi connectivity index (χ0) is 13.0. The van der Waals surface area contributed by atoms with Gasteiger partial charge in [0.1, 0.15) is 5.82 Å².